The SMILES string of the molecule is CC(C)c1cc(C(=O)N2CCC[C@@H](c3n[nH]c(C4CC4)n3)C2)nn1C(C)(C)C. The average Bonchev–Trinajstić information content (AvgIpc) is 3.20. The molecule has 0 unspecified atom stereocenters. The third-order valence-corrected chi connectivity index (χ3v) is 5.74. The summed E-state index contributed by atoms with van der Waals surface area (Å²) < 4.78 is 2.00. The molecule has 0 spiro atoms. The first-order valence-corrected chi connectivity index (χ1v) is 10.6. The van der Waals surface area contributed by atoms with Gasteiger partial charge < -0.3 is 4.90 Å². The number of likely N-dealkylation sites (tertiary alicyclic amines) is 1. The molecule has 2 aliphatic rings. The number of hydrogen-bond acceptors (Lipinski definition) is 4. The normalized spacial score (nSPS) is 20.8. The largest absolute Gasteiger partial charge is 0.337 e. The lowest BCUT2D eigenvalue weighted by Gasteiger charge is -2.31. The molecule has 1 atom stereocenters. The number of piperidine rings is 1. The molecule has 0 radical (unpaired) electrons. The van der Waals surface area contributed by atoms with Crippen LogP contribution in [0.4, 0.5) is 0 Å². The van der Waals surface area contributed by atoms with Crippen LogP contribution in [0.2, 0.25) is 0 Å². The van der Waals surface area contributed by atoms with Crippen LogP contribution in [0.3, 0.4) is 0 Å². The van der Waals surface area contributed by atoms with E-state index in [0.29, 0.717) is 24.1 Å². The van der Waals surface area contributed by atoms with E-state index < -0.39 is 0 Å². The van der Waals surface area contributed by atoms with Crippen LogP contribution >= 0.6 is 0 Å². The first-order chi connectivity index (χ1) is 13.2. The number of hydrogen-bond donors (Lipinski definition) is 1. The van der Waals surface area contributed by atoms with E-state index in [1.165, 1.54) is 12.8 Å². The Balaban J connectivity index is 1.52. The van der Waals surface area contributed by atoms with Crippen LogP contribution < -0.4 is 0 Å². The van der Waals surface area contributed by atoms with Gasteiger partial charge in [-0.2, -0.15) is 10.2 Å². The Bertz CT molecular complexity index is 855. The molecule has 152 valence electrons. The van der Waals surface area contributed by atoms with Crippen molar-refractivity contribution in [2.75, 3.05) is 13.1 Å². The van der Waals surface area contributed by atoms with Crippen molar-refractivity contribution in [3.8, 4) is 0 Å². The van der Waals surface area contributed by atoms with Crippen molar-refractivity contribution < 1.29 is 4.79 Å². The molecule has 1 aliphatic heterocycles. The van der Waals surface area contributed by atoms with Crippen molar-refractivity contribution in [3.63, 3.8) is 0 Å². The summed E-state index contributed by atoms with van der Waals surface area (Å²) in [5.74, 6) is 2.99. The summed E-state index contributed by atoms with van der Waals surface area (Å²) in [6, 6.07) is 1.97. The average molecular weight is 385 g/mol. The predicted octanol–water partition coefficient (Wildman–Crippen LogP) is 3.78. The van der Waals surface area contributed by atoms with Crippen LogP contribution in [0, 0.1) is 0 Å². The number of amides is 1. The van der Waals surface area contributed by atoms with Gasteiger partial charge in [-0.1, -0.05) is 13.8 Å². The minimum atomic E-state index is -0.152. The van der Waals surface area contributed by atoms with E-state index in [1.807, 2.05) is 15.6 Å². The van der Waals surface area contributed by atoms with Crippen molar-refractivity contribution in [1.82, 2.24) is 29.9 Å². The van der Waals surface area contributed by atoms with Gasteiger partial charge in [-0.05, 0) is 58.4 Å². The number of nitrogens with zero attached hydrogens (tertiary/aromatic N) is 5. The lowest BCUT2D eigenvalue weighted by atomic mass is 9.97. The minimum absolute atomic E-state index is 0.0209. The summed E-state index contributed by atoms with van der Waals surface area (Å²) >= 11 is 0. The van der Waals surface area contributed by atoms with Gasteiger partial charge in [0.2, 0.25) is 0 Å². The highest BCUT2D eigenvalue weighted by Gasteiger charge is 2.32. The Kier molecular flexibility index (Phi) is 4.79. The molecule has 7 nitrogen and oxygen atoms in total. The summed E-state index contributed by atoms with van der Waals surface area (Å²) in [5.41, 5.74) is 1.50. The minimum Gasteiger partial charge on any atom is -0.337 e. The molecule has 0 aromatic carbocycles. The van der Waals surface area contributed by atoms with Gasteiger partial charge in [-0.25, -0.2) is 4.98 Å². The summed E-state index contributed by atoms with van der Waals surface area (Å²) in [4.78, 5) is 19.9. The Morgan fingerprint density at radius 2 is 1.96 bits per heavy atom. The molecule has 1 saturated heterocycles. The molecule has 2 fully saturated rings. The van der Waals surface area contributed by atoms with E-state index in [1.54, 1.807) is 0 Å². The van der Waals surface area contributed by atoms with E-state index in [4.69, 9.17) is 10.1 Å². The number of H-pyrrole nitrogens is 1. The summed E-state index contributed by atoms with van der Waals surface area (Å²) in [6.45, 7) is 12.1. The van der Waals surface area contributed by atoms with Gasteiger partial charge in [0, 0.05) is 30.6 Å². The molecule has 2 aromatic rings. The van der Waals surface area contributed by atoms with E-state index >= 15 is 0 Å². The molecule has 28 heavy (non-hydrogen) atoms. The Morgan fingerprint density at radius 3 is 2.57 bits per heavy atom. The van der Waals surface area contributed by atoms with Gasteiger partial charge in [-0.3, -0.25) is 14.6 Å². The third-order valence-electron chi connectivity index (χ3n) is 5.74. The topological polar surface area (TPSA) is 79.7 Å². The van der Waals surface area contributed by atoms with Crippen LogP contribution in [0.5, 0.6) is 0 Å². The molecule has 0 bridgehead atoms. The van der Waals surface area contributed by atoms with E-state index in [0.717, 1.165) is 36.7 Å². The zero-order valence-electron chi connectivity index (χ0n) is 17.7. The molecule has 7 heteroatoms. The molecule has 1 aliphatic carbocycles. The number of nitrogens with one attached hydrogen (secondary N) is 1. The van der Waals surface area contributed by atoms with Crippen LogP contribution in [0.15, 0.2) is 6.07 Å². The van der Waals surface area contributed by atoms with Gasteiger partial charge in [-0.15, -0.1) is 0 Å². The van der Waals surface area contributed by atoms with E-state index in [9.17, 15) is 4.79 Å². The van der Waals surface area contributed by atoms with Crippen LogP contribution in [0.1, 0.15) is 106 Å². The van der Waals surface area contributed by atoms with E-state index in [-0.39, 0.29) is 17.4 Å². The standard InChI is InChI=1S/C21H32N6O/c1-13(2)17-11-16(25-27(17)21(3,4)5)20(28)26-10-6-7-15(12-26)19-22-18(23-24-19)14-8-9-14/h11,13-15H,6-10,12H2,1-5H3,(H,22,23,24)/t15-/m1/s1. The van der Waals surface area contributed by atoms with E-state index in [2.05, 4.69) is 44.8 Å². The fourth-order valence-corrected chi connectivity index (χ4v) is 3.99. The predicted molar refractivity (Wildman–Crippen MR) is 108 cm³/mol. The molecule has 1 saturated carbocycles. The van der Waals surface area contributed by atoms with Crippen LogP contribution in [-0.4, -0.2) is 48.9 Å². The second-order valence-electron chi connectivity index (χ2n) is 9.64. The summed E-state index contributed by atoms with van der Waals surface area (Å²) in [7, 11) is 0. The summed E-state index contributed by atoms with van der Waals surface area (Å²) in [6.07, 6.45) is 4.41. The highest BCUT2D eigenvalue weighted by Crippen LogP contribution is 2.38. The highest BCUT2D eigenvalue weighted by molar-refractivity contribution is 5.92. The van der Waals surface area contributed by atoms with Gasteiger partial charge in [0.1, 0.15) is 5.82 Å². The molecule has 2 aromatic heterocycles. The number of aromatic amines is 1. The van der Waals surface area contributed by atoms with Crippen molar-refractivity contribution in [1.29, 1.82) is 0 Å². The van der Waals surface area contributed by atoms with Crippen molar-refractivity contribution >= 4 is 5.91 Å². The molecule has 1 N–H and O–H groups in total. The molecular formula is C21H32N6O. The third kappa shape index (κ3) is 3.71. The van der Waals surface area contributed by atoms with Crippen molar-refractivity contribution in [3.05, 3.63) is 29.1 Å². The zero-order valence-corrected chi connectivity index (χ0v) is 17.7. The second kappa shape index (κ2) is 7.01. The highest BCUT2D eigenvalue weighted by atomic mass is 16.2. The molecule has 4 rings (SSSR count). The monoisotopic (exact) mass is 384 g/mol. The fraction of sp³-hybridized carbons (Fsp3) is 0.714. The quantitative estimate of drug-likeness (QED) is 0.870. The zero-order chi connectivity index (χ0) is 20.1. The van der Waals surface area contributed by atoms with Gasteiger partial charge >= 0.3 is 0 Å². The Hall–Kier alpha value is -2.18. The summed E-state index contributed by atoms with van der Waals surface area (Å²) in [5, 5.41) is 12.2. The maximum atomic E-state index is 13.2. The number of rotatable bonds is 4. The lowest BCUT2D eigenvalue weighted by Crippen LogP contribution is -2.39. The van der Waals surface area contributed by atoms with Gasteiger partial charge in [0.25, 0.3) is 5.91 Å². The maximum Gasteiger partial charge on any atom is 0.274 e. The molecular weight excluding hydrogens is 352 g/mol. The number of carbonyl (C=O) groups excluding carboxylic acids is 1. The second-order valence-corrected chi connectivity index (χ2v) is 9.64. The maximum absolute atomic E-state index is 13.2. The number of aromatic nitrogens is 5. The van der Waals surface area contributed by atoms with Gasteiger partial charge in [0.05, 0.1) is 5.54 Å². The fourth-order valence-electron chi connectivity index (χ4n) is 3.99. The first-order valence-electron chi connectivity index (χ1n) is 10.6. The molecule has 3 heterocycles. The smallest absolute Gasteiger partial charge is 0.274 e. The molecule has 1 amide bonds. The van der Waals surface area contributed by atoms with Crippen molar-refractivity contribution in [2.45, 2.75) is 83.6 Å². The van der Waals surface area contributed by atoms with Gasteiger partial charge in [0.15, 0.2) is 11.5 Å². The number of carbonyl (C=O) groups is 1. The van der Waals surface area contributed by atoms with Crippen LogP contribution in [-0.2, 0) is 5.54 Å². The van der Waals surface area contributed by atoms with Crippen molar-refractivity contribution in [2.24, 2.45) is 0 Å². The lowest BCUT2D eigenvalue weighted by molar-refractivity contribution is 0.0697. The first kappa shape index (κ1) is 19.2. The Labute approximate surface area is 166 Å². The van der Waals surface area contributed by atoms with Crippen LogP contribution in [0.25, 0.3) is 0 Å². The Morgan fingerprint density at radius 1 is 1.21 bits per heavy atom.